The first-order chi connectivity index (χ1) is 9.38. The molecule has 5 rings (SSSR count). The minimum absolute atomic E-state index is 0.268. The van der Waals surface area contributed by atoms with Gasteiger partial charge in [0.1, 0.15) is 5.82 Å². The monoisotopic (exact) mass is 290 g/mol. The normalized spacial score (nSPS) is 45.6. The van der Waals surface area contributed by atoms with Crippen LogP contribution in [0.2, 0.25) is 5.02 Å². The Bertz CT molecular complexity index is 520. The maximum absolute atomic E-state index is 5.94. The molecule has 2 nitrogen and oxygen atoms in total. The van der Waals surface area contributed by atoms with Crippen molar-refractivity contribution in [3.8, 4) is 0 Å². The minimum Gasteiger partial charge on any atom is -0.365 e. The van der Waals surface area contributed by atoms with E-state index in [2.05, 4.69) is 24.1 Å². The topological polar surface area (TPSA) is 24.9 Å². The van der Waals surface area contributed by atoms with Gasteiger partial charge in [0.25, 0.3) is 0 Å². The molecule has 3 heteroatoms. The minimum atomic E-state index is 0.268. The van der Waals surface area contributed by atoms with Crippen LogP contribution < -0.4 is 5.32 Å². The molecule has 0 aliphatic heterocycles. The molecule has 4 fully saturated rings. The Morgan fingerprint density at radius 1 is 1.10 bits per heavy atom. The van der Waals surface area contributed by atoms with Crippen LogP contribution in [0.4, 0.5) is 5.82 Å². The summed E-state index contributed by atoms with van der Waals surface area (Å²) in [4.78, 5) is 4.46. The molecule has 2 atom stereocenters. The molecule has 1 N–H and O–H groups in total. The molecule has 1 aromatic rings. The number of anilines is 1. The molecular weight excluding hydrogens is 268 g/mol. The number of hydrogen-bond donors (Lipinski definition) is 1. The van der Waals surface area contributed by atoms with Crippen molar-refractivity contribution in [1.29, 1.82) is 0 Å². The van der Waals surface area contributed by atoms with Crippen molar-refractivity contribution in [1.82, 2.24) is 4.98 Å². The molecule has 2 unspecified atom stereocenters. The van der Waals surface area contributed by atoms with E-state index in [-0.39, 0.29) is 5.54 Å². The van der Waals surface area contributed by atoms with E-state index in [0.717, 1.165) is 11.7 Å². The number of aromatic nitrogens is 1. The van der Waals surface area contributed by atoms with Gasteiger partial charge in [-0.25, -0.2) is 4.98 Å². The van der Waals surface area contributed by atoms with Gasteiger partial charge in [-0.15, -0.1) is 0 Å². The number of hydrogen-bond acceptors (Lipinski definition) is 2. The Labute approximate surface area is 126 Å². The third-order valence-corrected chi connectivity index (χ3v) is 5.97. The highest BCUT2D eigenvalue weighted by Crippen LogP contribution is 2.66. The average molecular weight is 291 g/mol. The van der Waals surface area contributed by atoms with Crippen LogP contribution in [-0.2, 0) is 0 Å². The van der Waals surface area contributed by atoms with Gasteiger partial charge in [-0.2, -0.15) is 0 Å². The second-order valence-electron chi connectivity index (χ2n) is 8.40. The molecule has 4 saturated carbocycles. The molecule has 4 aliphatic rings. The Morgan fingerprint density at radius 3 is 2.35 bits per heavy atom. The molecule has 0 amide bonds. The zero-order chi connectivity index (χ0) is 14.0. The smallest absolute Gasteiger partial charge is 0.126 e. The molecular formula is C17H23ClN2. The van der Waals surface area contributed by atoms with Crippen molar-refractivity contribution in [3.63, 3.8) is 0 Å². The lowest BCUT2D eigenvalue weighted by Crippen LogP contribution is -2.61. The van der Waals surface area contributed by atoms with Crippen LogP contribution in [0.5, 0.6) is 0 Å². The lowest BCUT2D eigenvalue weighted by molar-refractivity contribution is -0.0973. The number of nitrogens with zero attached hydrogens (tertiary/aromatic N) is 1. The second kappa shape index (κ2) is 3.91. The predicted molar refractivity (Wildman–Crippen MR) is 83.0 cm³/mol. The van der Waals surface area contributed by atoms with Gasteiger partial charge in [-0.1, -0.05) is 25.4 Å². The fraction of sp³-hybridized carbons (Fsp3) is 0.706. The summed E-state index contributed by atoms with van der Waals surface area (Å²) >= 11 is 5.94. The summed E-state index contributed by atoms with van der Waals surface area (Å²) in [5, 5.41) is 4.50. The van der Waals surface area contributed by atoms with Gasteiger partial charge in [0, 0.05) is 11.7 Å². The number of pyridine rings is 1. The first kappa shape index (κ1) is 12.9. The van der Waals surface area contributed by atoms with E-state index in [9.17, 15) is 0 Å². The van der Waals surface area contributed by atoms with Gasteiger partial charge >= 0.3 is 0 Å². The third kappa shape index (κ3) is 2.04. The molecule has 1 heterocycles. The predicted octanol–water partition coefficient (Wildman–Crippen LogP) is 4.90. The summed E-state index contributed by atoms with van der Waals surface area (Å²) < 4.78 is 0. The van der Waals surface area contributed by atoms with Crippen LogP contribution >= 0.6 is 11.6 Å². The molecule has 1 aromatic heterocycles. The summed E-state index contributed by atoms with van der Waals surface area (Å²) in [7, 11) is 0. The van der Waals surface area contributed by atoms with E-state index in [0.29, 0.717) is 15.9 Å². The Kier molecular flexibility index (Phi) is 2.53. The zero-order valence-corrected chi connectivity index (χ0v) is 13.1. The lowest BCUT2D eigenvalue weighted by Gasteiger charge is -2.65. The summed E-state index contributed by atoms with van der Waals surface area (Å²) in [5.41, 5.74) is 1.34. The number of halogens is 1. The average Bonchev–Trinajstić information content (AvgIpc) is 2.27. The molecule has 20 heavy (non-hydrogen) atoms. The van der Waals surface area contributed by atoms with Crippen molar-refractivity contribution in [2.24, 2.45) is 16.7 Å². The Balaban J connectivity index is 1.65. The summed E-state index contributed by atoms with van der Waals surface area (Å²) in [6.07, 6.45) is 9.94. The maximum atomic E-state index is 5.94. The van der Waals surface area contributed by atoms with Crippen molar-refractivity contribution >= 4 is 17.4 Å². The van der Waals surface area contributed by atoms with Gasteiger partial charge in [-0.3, -0.25) is 0 Å². The van der Waals surface area contributed by atoms with E-state index in [1.54, 1.807) is 6.20 Å². The van der Waals surface area contributed by atoms with Crippen molar-refractivity contribution < 1.29 is 0 Å². The van der Waals surface area contributed by atoms with Crippen molar-refractivity contribution in [3.05, 3.63) is 23.4 Å². The molecule has 4 bridgehead atoms. The standard InChI is InChI=1S/C17H23ClN2/c1-15-5-12-6-16(2,9-15)11-17(7-12,10-15)20-14-4-3-13(18)8-19-14/h3-4,8,12H,5-7,9-11H2,1-2H3,(H,19,20). The maximum Gasteiger partial charge on any atom is 0.126 e. The molecule has 0 aromatic carbocycles. The van der Waals surface area contributed by atoms with E-state index in [1.807, 2.05) is 12.1 Å². The fourth-order valence-corrected chi connectivity index (χ4v) is 6.42. The molecule has 0 saturated heterocycles. The Morgan fingerprint density at radius 2 is 1.80 bits per heavy atom. The van der Waals surface area contributed by atoms with Gasteiger partial charge in [0.2, 0.25) is 0 Å². The second-order valence-corrected chi connectivity index (χ2v) is 8.83. The first-order valence-corrected chi connectivity index (χ1v) is 8.15. The van der Waals surface area contributed by atoms with Crippen LogP contribution in [0.3, 0.4) is 0 Å². The van der Waals surface area contributed by atoms with Gasteiger partial charge in [0.05, 0.1) is 5.02 Å². The van der Waals surface area contributed by atoms with E-state index >= 15 is 0 Å². The van der Waals surface area contributed by atoms with Crippen LogP contribution in [0.25, 0.3) is 0 Å². The fourth-order valence-electron chi connectivity index (χ4n) is 6.31. The SMILES string of the molecule is CC12CC3CC(C)(C1)CC(Nc1ccc(Cl)cn1)(C3)C2. The lowest BCUT2D eigenvalue weighted by atomic mass is 9.43. The highest BCUT2D eigenvalue weighted by atomic mass is 35.5. The molecule has 0 radical (unpaired) electrons. The van der Waals surface area contributed by atoms with Gasteiger partial charge < -0.3 is 5.32 Å². The summed E-state index contributed by atoms with van der Waals surface area (Å²) in [5.74, 6) is 1.89. The highest BCUT2D eigenvalue weighted by molar-refractivity contribution is 6.30. The zero-order valence-electron chi connectivity index (χ0n) is 12.4. The van der Waals surface area contributed by atoms with Crippen molar-refractivity contribution in [2.75, 3.05) is 5.32 Å². The molecule has 4 aliphatic carbocycles. The van der Waals surface area contributed by atoms with E-state index < -0.39 is 0 Å². The van der Waals surface area contributed by atoms with Crippen LogP contribution in [0, 0.1) is 16.7 Å². The summed E-state index contributed by atoms with van der Waals surface area (Å²) in [6.45, 7) is 5.00. The number of rotatable bonds is 2. The largest absolute Gasteiger partial charge is 0.365 e. The van der Waals surface area contributed by atoms with Crippen molar-refractivity contribution in [2.45, 2.75) is 57.9 Å². The van der Waals surface area contributed by atoms with E-state index in [4.69, 9.17) is 11.6 Å². The quantitative estimate of drug-likeness (QED) is 0.838. The summed E-state index contributed by atoms with van der Waals surface area (Å²) in [6, 6.07) is 3.95. The van der Waals surface area contributed by atoms with Crippen LogP contribution in [-0.4, -0.2) is 10.5 Å². The van der Waals surface area contributed by atoms with Gasteiger partial charge in [-0.05, 0) is 67.4 Å². The molecule has 108 valence electrons. The Hall–Kier alpha value is -0.760. The number of nitrogens with one attached hydrogen (secondary N) is 1. The van der Waals surface area contributed by atoms with Crippen LogP contribution in [0.1, 0.15) is 52.4 Å². The molecule has 0 spiro atoms. The third-order valence-electron chi connectivity index (χ3n) is 5.75. The van der Waals surface area contributed by atoms with Gasteiger partial charge in [0.15, 0.2) is 0 Å². The van der Waals surface area contributed by atoms with E-state index in [1.165, 1.54) is 38.5 Å². The van der Waals surface area contributed by atoms with Crippen LogP contribution in [0.15, 0.2) is 18.3 Å². The highest BCUT2D eigenvalue weighted by Gasteiger charge is 2.60. The first-order valence-electron chi connectivity index (χ1n) is 7.78.